The van der Waals surface area contributed by atoms with Gasteiger partial charge in [0.2, 0.25) is 0 Å². The maximum Gasteiger partial charge on any atom is 0.273 e. The summed E-state index contributed by atoms with van der Waals surface area (Å²) in [5.41, 5.74) is 0.714. The smallest absolute Gasteiger partial charge is 0.273 e. The minimum Gasteiger partial charge on any atom is -0.448 e. The molecule has 3 rings (SSSR count). The molecule has 0 saturated carbocycles. The van der Waals surface area contributed by atoms with Crippen LogP contribution in [0, 0.1) is 6.92 Å². The monoisotopic (exact) mass is 316 g/mol. The van der Waals surface area contributed by atoms with Gasteiger partial charge in [0.25, 0.3) is 5.91 Å². The number of aryl methyl sites for hydroxylation is 1. The molecule has 1 atom stereocenters. The molecule has 3 heterocycles. The van der Waals surface area contributed by atoms with Gasteiger partial charge in [-0.15, -0.1) is 0 Å². The molecule has 7 heteroatoms. The van der Waals surface area contributed by atoms with E-state index in [1.165, 1.54) is 6.39 Å². The van der Waals surface area contributed by atoms with Crippen molar-refractivity contribution in [3.8, 4) is 0 Å². The number of rotatable bonds is 4. The van der Waals surface area contributed by atoms with Gasteiger partial charge in [0.15, 0.2) is 17.9 Å². The molecule has 122 valence electrons. The van der Waals surface area contributed by atoms with Crippen molar-refractivity contribution in [1.82, 2.24) is 20.3 Å². The fourth-order valence-corrected chi connectivity index (χ4v) is 2.62. The van der Waals surface area contributed by atoms with Crippen LogP contribution in [0.4, 0.5) is 0 Å². The van der Waals surface area contributed by atoms with Gasteiger partial charge in [-0.05, 0) is 33.1 Å². The molecule has 0 bridgehead atoms. The Balaban J connectivity index is 1.61. The zero-order valence-corrected chi connectivity index (χ0v) is 13.3. The summed E-state index contributed by atoms with van der Waals surface area (Å²) < 4.78 is 10.9. The van der Waals surface area contributed by atoms with Gasteiger partial charge in [0, 0.05) is 31.1 Å². The minimum atomic E-state index is -0.405. The van der Waals surface area contributed by atoms with Gasteiger partial charge < -0.3 is 14.5 Å². The van der Waals surface area contributed by atoms with Crippen molar-refractivity contribution in [1.29, 1.82) is 0 Å². The fourth-order valence-electron chi connectivity index (χ4n) is 2.62. The second-order valence-corrected chi connectivity index (χ2v) is 5.89. The highest BCUT2D eigenvalue weighted by Gasteiger charge is 2.32. The number of hydrogen-bond acceptors (Lipinski definition) is 6. The van der Waals surface area contributed by atoms with E-state index in [1.54, 1.807) is 19.3 Å². The number of oxazole rings is 1. The molecule has 2 aromatic rings. The van der Waals surface area contributed by atoms with E-state index in [0.29, 0.717) is 23.8 Å². The van der Waals surface area contributed by atoms with Gasteiger partial charge >= 0.3 is 0 Å². The van der Waals surface area contributed by atoms with Crippen LogP contribution in [-0.2, 0) is 16.9 Å². The van der Waals surface area contributed by atoms with Crippen LogP contribution in [-0.4, -0.2) is 27.5 Å². The number of amides is 1. The van der Waals surface area contributed by atoms with Gasteiger partial charge in [-0.1, -0.05) is 0 Å². The zero-order chi connectivity index (χ0) is 16.3. The van der Waals surface area contributed by atoms with Gasteiger partial charge in [-0.25, -0.2) is 15.0 Å². The molecule has 0 aliphatic carbocycles. The third kappa shape index (κ3) is 3.39. The van der Waals surface area contributed by atoms with Gasteiger partial charge in [0.05, 0.1) is 0 Å². The van der Waals surface area contributed by atoms with Crippen LogP contribution < -0.4 is 5.32 Å². The van der Waals surface area contributed by atoms with Crippen molar-refractivity contribution in [2.24, 2.45) is 0 Å². The first kappa shape index (κ1) is 15.6. The average Bonchev–Trinajstić information content (AvgIpc) is 3.00. The van der Waals surface area contributed by atoms with Crippen LogP contribution in [0.1, 0.15) is 53.8 Å². The summed E-state index contributed by atoms with van der Waals surface area (Å²) in [7, 11) is 0. The third-order valence-corrected chi connectivity index (χ3v) is 4.06. The van der Waals surface area contributed by atoms with E-state index in [4.69, 9.17) is 9.15 Å². The molecule has 0 aromatic carbocycles. The molecule has 1 saturated heterocycles. The van der Waals surface area contributed by atoms with Crippen molar-refractivity contribution < 1.29 is 13.9 Å². The molecule has 1 N–H and O–H groups in total. The standard InChI is InChI=1S/C16H20N4O3/c1-11-13(20-10-22-11)14(21)17-7-12-8-18-15(19-9-12)16(2)5-3-4-6-23-16/h8-10H,3-7H2,1-2H3,(H,17,21)/t16-/m0/s1. The predicted octanol–water partition coefficient (Wildman–Crippen LogP) is 2.12. The largest absolute Gasteiger partial charge is 0.448 e. The molecular weight excluding hydrogens is 296 g/mol. The van der Waals surface area contributed by atoms with Gasteiger partial charge in [-0.2, -0.15) is 0 Å². The first-order valence-corrected chi connectivity index (χ1v) is 7.72. The lowest BCUT2D eigenvalue weighted by Gasteiger charge is -2.32. The summed E-state index contributed by atoms with van der Waals surface area (Å²) >= 11 is 0. The van der Waals surface area contributed by atoms with Crippen molar-refractivity contribution >= 4 is 5.91 Å². The Kier molecular flexibility index (Phi) is 4.38. The molecular formula is C16H20N4O3. The van der Waals surface area contributed by atoms with Crippen LogP contribution in [0.15, 0.2) is 23.2 Å². The topological polar surface area (TPSA) is 90.1 Å². The van der Waals surface area contributed by atoms with E-state index >= 15 is 0 Å². The quantitative estimate of drug-likeness (QED) is 0.929. The number of carbonyl (C=O) groups is 1. The Morgan fingerprint density at radius 1 is 1.30 bits per heavy atom. The molecule has 1 aliphatic rings. The van der Waals surface area contributed by atoms with Crippen molar-refractivity contribution in [3.63, 3.8) is 0 Å². The SMILES string of the molecule is Cc1ocnc1C(=O)NCc1cnc([C@]2(C)CCCCO2)nc1. The summed E-state index contributed by atoms with van der Waals surface area (Å²) in [4.78, 5) is 24.7. The van der Waals surface area contributed by atoms with E-state index in [1.807, 2.05) is 6.92 Å². The van der Waals surface area contributed by atoms with Crippen LogP contribution in [0.3, 0.4) is 0 Å². The summed E-state index contributed by atoms with van der Waals surface area (Å²) in [6.45, 7) is 4.80. The second kappa shape index (κ2) is 6.45. The summed E-state index contributed by atoms with van der Waals surface area (Å²) in [5, 5.41) is 2.78. The van der Waals surface area contributed by atoms with E-state index < -0.39 is 5.60 Å². The normalized spacial score (nSPS) is 21.1. The molecule has 2 aromatic heterocycles. The lowest BCUT2D eigenvalue weighted by Crippen LogP contribution is -2.32. The molecule has 1 aliphatic heterocycles. The van der Waals surface area contributed by atoms with Crippen molar-refractivity contribution in [2.75, 3.05) is 6.61 Å². The second-order valence-electron chi connectivity index (χ2n) is 5.89. The lowest BCUT2D eigenvalue weighted by molar-refractivity contribution is -0.0760. The maximum atomic E-state index is 12.0. The molecule has 0 radical (unpaired) electrons. The number of ether oxygens (including phenoxy) is 1. The number of hydrogen-bond donors (Lipinski definition) is 1. The van der Waals surface area contributed by atoms with E-state index in [9.17, 15) is 4.79 Å². The first-order chi connectivity index (χ1) is 11.1. The Hall–Kier alpha value is -2.28. The number of aromatic nitrogens is 3. The molecule has 1 fully saturated rings. The van der Waals surface area contributed by atoms with Gasteiger partial charge in [0.1, 0.15) is 11.4 Å². The summed E-state index contributed by atoms with van der Waals surface area (Å²) in [6, 6.07) is 0. The third-order valence-electron chi connectivity index (χ3n) is 4.06. The Bertz CT molecular complexity index is 675. The van der Waals surface area contributed by atoms with E-state index in [2.05, 4.69) is 20.3 Å². The van der Waals surface area contributed by atoms with E-state index in [-0.39, 0.29) is 5.91 Å². The Labute approximate surface area is 134 Å². The first-order valence-electron chi connectivity index (χ1n) is 7.72. The molecule has 0 unspecified atom stereocenters. The van der Waals surface area contributed by atoms with Crippen LogP contribution >= 0.6 is 0 Å². The number of carbonyl (C=O) groups excluding carboxylic acids is 1. The summed E-state index contributed by atoms with van der Waals surface area (Å²) in [6.07, 6.45) is 7.83. The molecule has 1 amide bonds. The lowest BCUT2D eigenvalue weighted by atomic mass is 9.95. The molecule has 23 heavy (non-hydrogen) atoms. The Morgan fingerprint density at radius 2 is 2.09 bits per heavy atom. The number of nitrogens with zero attached hydrogens (tertiary/aromatic N) is 3. The minimum absolute atomic E-state index is 0.275. The van der Waals surface area contributed by atoms with Crippen LogP contribution in [0.5, 0.6) is 0 Å². The predicted molar refractivity (Wildman–Crippen MR) is 81.6 cm³/mol. The van der Waals surface area contributed by atoms with Crippen LogP contribution in [0.25, 0.3) is 0 Å². The molecule has 7 nitrogen and oxygen atoms in total. The number of nitrogens with one attached hydrogen (secondary N) is 1. The zero-order valence-electron chi connectivity index (χ0n) is 13.3. The maximum absolute atomic E-state index is 12.0. The molecule has 0 spiro atoms. The van der Waals surface area contributed by atoms with E-state index in [0.717, 1.165) is 31.4 Å². The van der Waals surface area contributed by atoms with Crippen LogP contribution in [0.2, 0.25) is 0 Å². The Morgan fingerprint density at radius 3 is 2.70 bits per heavy atom. The average molecular weight is 316 g/mol. The van der Waals surface area contributed by atoms with Crippen molar-refractivity contribution in [3.05, 3.63) is 41.6 Å². The highest BCUT2D eigenvalue weighted by molar-refractivity contribution is 5.92. The fraction of sp³-hybridized carbons (Fsp3) is 0.500. The van der Waals surface area contributed by atoms with Gasteiger partial charge in [-0.3, -0.25) is 4.79 Å². The highest BCUT2D eigenvalue weighted by atomic mass is 16.5. The van der Waals surface area contributed by atoms with Crippen molar-refractivity contribution in [2.45, 2.75) is 45.3 Å². The highest BCUT2D eigenvalue weighted by Crippen LogP contribution is 2.32. The summed E-state index contributed by atoms with van der Waals surface area (Å²) in [5.74, 6) is 0.916.